The number of alkyl halides is 1. The Balaban J connectivity index is 1.96. The Morgan fingerprint density at radius 1 is 1.30 bits per heavy atom. The average molecular weight is 405 g/mol. The Bertz CT molecular complexity index is 479. The molecule has 0 bridgehead atoms. The van der Waals surface area contributed by atoms with E-state index in [1.54, 1.807) is 12.1 Å². The first-order valence-electron chi connectivity index (χ1n) is 6.94. The van der Waals surface area contributed by atoms with Crippen LogP contribution in [0.3, 0.4) is 0 Å². The molecule has 2 rings (SSSR count). The number of benzene rings is 1. The van der Waals surface area contributed by atoms with Crippen molar-refractivity contribution >= 4 is 37.8 Å². The fourth-order valence-corrected chi connectivity index (χ4v) is 3.98. The molecule has 2 atom stereocenters. The van der Waals surface area contributed by atoms with Gasteiger partial charge in [-0.1, -0.05) is 44.7 Å². The van der Waals surface area contributed by atoms with E-state index >= 15 is 0 Å². The summed E-state index contributed by atoms with van der Waals surface area (Å²) in [5.41, 5.74) is 0.325. The van der Waals surface area contributed by atoms with Crippen LogP contribution >= 0.6 is 31.9 Å². The van der Waals surface area contributed by atoms with Crippen LogP contribution in [0.4, 0.5) is 0 Å². The Morgan fingerprint density at radius 2 is 2.00 bits per heavy atom. The normalized spacial score (nSPS) is 22.5. The van der Waals surface area contributed by atoms with Crippen molar-refractivity contribution in [1.29, 1.82) is 0 Å². The average Bonchev–Trinajstić information content (AvgIpc) is 2.47. The van der Waals surface area contributed by atoms with Crippen molar-refractivity contribution in [3.8, 4) is 5.75 Å². The largest absolute Gasteiger partial charge is 0.507 e. The molecule has 0 radical (unpaired) electrons. The molecule has 1 aromatic carbocycles. The first kappa shape index (κ1) is 15.8. The molecule has 110 valence electrons. The van der Waals surface area contributed by atoms with E-state index in [2.05, 4.69) is 37.2 Å². The maximum Gasteiger partial charge on any atom is 0.255 e. The molecule has 1 fully saturated rings. The number of carbonyl (C=O) groups is 1. The number of aromatic hydroxyl groups is 1. The molecule has 1 aromatic rings. The molecule has 1 amide bonds. The second kappa shape index (κ2) is 7.46. The summed E-state index contributed by atoms with van der Waals surface area (Å²) in [6, 6.07) is 4.89. The molecule has 1 aliphatic rings. The third-order valence-corrected chi connectivity index (χ3v) is 5.32. The fraction of sp³-hybridized carbons (Fsp3) is 0.533. The number of halogens is 2. The smallest absolute Gasteiger partial charge is 0.255 e. The van der Waals surface area contributed by atoms with Crippen LogP contribution in [0.5, 0.6) is 5.75 Å². The number of rotatable bonds is 4. The molecule has 2 N–H and O–H groups in total. The third kappa shape index (κ3) is 3.98. The van der Waals surface area contributed by atoms with E-state index < -0.39 is 0 Å². The van der Waals surface area contributed by atoms with Crippen LogP contribution in [-0.2, 0) is 0 Å². The lowest BCUT2D eigenvalue weighted by atomic mass is 9.80. The number of hydrogen-bond acceptors (Lipinski definition) is 2. The van der Waals surface area contributed by atoms with Gasteiger partial charge in [-0.25, -0.2) is 0 Å². The molecule has 20 heavy (non-hydrogen) atoms. The molecule has 1 aliphatic carbocycles. The lowest BCUT2D eigenvalue weighted by Gasteiger charge is -2.30. The Morgan fingerprint density at radius 3 is 2.70 bits per heavy atom. The molecular formula is C15H19Br2NO2. The SMILES string of the molecule is O=C(NCC1CCCCC1CBr)c1cc(Br)ccc1O. The number of nitrogens with one attached hydrogen (secondary N) is 1. The number of phenols is 1. The van der Waals surface area contributed by atoms with Gasteiger partial charge in [0, 0.05) is 16.3 Å². The van der Waals surface area contributed by atoms with Crippen molar-refractivity contribution in [2.45, 2.75) is 25.7 Å². The first-order chi connectivity index (χ1) is 9.61. The van der Waals surface area contributed by atoms with Gasteiger partial charge in [0.05, 0.1) is 5.56 Å². The van der Waals surface area contributed by atoms with Crippen molar-refractivity contribution in [1.82, 2.24) is 5.32 Å². The summed E-state index contributed by atoms with van der Waals surface area (Å²) < 4.78 is 0.788. The standard InChI is InChI=1S/C15H19Br2NO2/c16-8-10-3-1-2-4-11(10)9-18-15(20)13-7-12(17)5-6-14(13)19/h5-7,10-11,19H,1-4,8-9H2,(H,18,20). The van der Waals surface area contributed by atoms with Crippen molar-refractivity contribution < 1.29 is 9.90 Å². The minimum absolute atomic E-state index is 0.0198. The van der Waals surface area contributed by atoms with Gasteiger partial charge >= 0.3 is 0 Å². The Kier molecular flexibility index (Phi) is 5.90. The zero-order valence-corrected chi connectivity index (χ0v) is 14.4. The van der Waals surface area contributed by atoms with Gasteiger partial charge in [0.2, 0.25) is 0 Å². The first-order valence-corrected chi connectivity index (χ1v) is 8.86. The van der Waals surface area contributed by atoms with Gasteiger partial charge < -0.3 is 10.4 Å². The summed E-state index contributed by atoms with van der Waals surface area (Å²) in [7, 11) is 0. The number of hydrogen-bond donors (Lipinski definition) is 2. The molecule has 0 saturated heterocycles. The molecule has 0 heterocycles. The van der Waals surface area contributed by atoms with Crippen LogP contribution in [-0.4, -0.2) is 22.9 Å². The molecule has 0 spiro atoms. The van der Waals surface area contributed by atoms with Crippen LogP contribution < -0.4 is 5.32 Å². The minimum Gasteiger partial charge on any atom is -0.507 e. The lowest BCUT2D eigenvalue weighted by Crippen LogP contribution is -2.34. The van der Waals surface area contributed by atoms with Gasteiger partial charge in [-0.05, 0) is 42.9 Å². The summed E-state index contributed by atoms with van der Waals surface area (Å²) in [6.07, 6.45) is 4.92. The van der Waals surface area contributed by atoms with Crippen LogP contribution in [0.25, 0.3) is 0 Å². The lowest BCUT2D eigenvalue weighted by molar-refractivity contribution is 0.0934. The summed E-state index contributed by atoms with van der Waals surface area (Å²) in [6.45, 7) is 0.682. The van der Waals surface area contributed by atoms with Crippen molar-refractivity contribution in [2.24, 2.45) is 11.8 Å². The highest BCUT2D eigenvalue weighted by Gasteiger charge is 2.24. The second-order valence-corrected chi connectivity index (χ2v) is 6.89. The summed E-state index contributed by atoms with van der Waals surface area (Å²) >= 11 is 6.88. The molecular weight excluding hydrogens is 386 g/mol. The number of amides is 1. The second-order valence-electron chi connectivity index (χ2n) is 5.33. The van der Waals surface area contributed by atoms with Crippen LogP contribution in [0.1, 0.15) is 36.0 Å². The summed E-state index contributed by atoms with van der Waals surface area (Å²) in [4.78, 5) is 12.2. The summed E-state index contributed by atoms with van der Waals surface area (Å²) in [5, 5.41) is 13.7. The van der Waals surface area contributed by atoms with Gasteiger partial charge in [0.15, 0.2) is 0 Å². The Labute approximate surface area is 136 Å². The van der Waals surface area contributed by atoms with Gasteiger partial charge in [0.1, 0.15) is 5.75 Å². The van der Waals surface area contributed by atoms with E-state index in [-0.39, 0.29) is 11.7 Å². The maximum absolute atomic E-state index is 12.2. The molecule has 2 unspecified atom stereocenters. The van der Waals surface area contributed by atoms with Gasteiger partial charge in [-0.15, -0.1) is 0 Å². The van der Waals surface area contributed by atoms with E-state index in [4.69, 9.17) is 0 Å². The van der Waals surface area contributed by atoms with E-state index in [1.165, 1.54) is 31.7 Å². The maximum atomic E-state index is 12.2. The summed E-state index contributed by atoms with van der Waals surface area (Å²) in [5.74, 6) is 0.982. The van der Waals surface area contributed by atoms with E-state index in [0.717, 1.165) is 9.80 Å². The highest BCUT2D eigenvalue weighted by Crippen LogP contribution is 2.31. The Hall–Kier alpha value is -0.550. The van der Waals surface area contributed by atoms with Crippen molar-refractivity contribution in [3.63, 3.8) is 0 Å². The van der Waals surface area contributed by atoms with Gasteiger partial charge in [-0.2, -0.15) is 0 Å². The topological polar surface area (TPSA) is 49.3 Å². The monoisotopic (exact) mass is 403 g/mol. The predicted molar refractivity (Wildman–Crippen MR) is 87.4 cm³/mol. The highest BCUT2D eigenvalue weighted by atomic mass is 79.9. The zero-order valence-electron chi connectivity index (χ0n) is 11.2. The zero-order chi connectivity index (χ0) is 14.5. The van der Waals surface area contributed by atoms with Crippen LogP contribution in [0.2, 0.25) is 0 Å². The quantitative estimate of drug-likeness (QED) is 0.742. The van der Waals surface area contributed by atoms with Gasteiger partial charge in [-0.3, -0.25) is 4.79 Å². The van der Waals surface area contributed by atoms with Crippen molar-refractivity contribution in [2.75, 3.05) is 11.9 Å². The van der Waals surface area contributed by atoms with Crippen molar-refractivity contribution in [3.05, 3.63) is 28.2 Å². The van der Waals surface area contributed by atoms with E-state index in [0.29, 0.717) is 23.9 Å². The minimum atomic E-state index is -0.206. The highest BCUT2D eigenvalue weighted by molar-refractivity contribution is 9.10. The van der Waals surface area contributed by atoms with E-state index in [1.807, 2.05) is 0 Å². The third-order valence-electron chi connectivity index (χ3n) is 3.99. The number of phenolic OH excluding ortho intramolecular Hbond substituents is 1. The van der Waals surface area contributed by atoms with Crippen LogP contribution in [0, 0.1) is 11.8 Å². The molecule has 1 saturated carbocycles. The predicted octanol–water partition coefficient (Wildman–Crippen LogP) is 4.09. The molecule has 0 aromatic heterocycles. The van der Waals surface area contributed by atoms with Gasteiger partial charge in [0.25, 0.3) is 5.91 Å². The number of carbonyl (C=O) groups excluding carboxylic acids is 1. The van der Waals surface area contributed by atoms with E-state index in [9.17, 15) is 9.90 Å². The molecule has 5 heteroatoms. The fourth-order valence-electron chi connectivity index (χ4n) is 2.77. The van der Waals surface area contributed by atoms with Crippen LogP contribution in [0.15, 0.2) is 22.7 Å². The molecule has 0 aliphatic heterocycles. The molecule has 3 nitrogen and oxygen atoms in total.